The highest BCUT2D eigenvalue weighted by molar-refractivity contribution is 6.22. The van der Waals surface area contributed by atoms with Crippen LogP contribution in [0.3, 0.4) is 0 Å². The van der Waals surface area contributed by atoms with Gasteiger partial charge in [-0.3, -0.25) is 4.79 Å². The van der Waals surface area contributed by atoms with E-state index in [0.29, 0.717) is 0 Å². The predicted molar refractivity (Wildman–Crippen MR) is 120 cm³/mol. The van der Waals surface area contributed by atoms with Crippen molar-refractivity contribution in [2.45, 2.75) is 44.6 Å². The molecule has 2 aromatic carbocycles. The van der Waals surface area contributed by atoms with E-state index in [0.717, 1.165) is 13.0 Å². The number of hydrogen-bond acceptors (Lipinski definition) is 13. The second kappa shape index (κ2) is 8.26. The van der Waals surface area contributed by atoms with Gasteiger partial charge >= 0.3 is 17.2 Å². The highest BCUT2D eigenvalue weighted by Crippen LogP contribution is 2.46. The van der Waals surface area contributed by atoms with E-state index in [1.807, 2.05) is 0 Å². The van der Waals surface area contributed by atoms with Crippen LogP contribution in [0.15, 0.2) is 30.6 Å². The minimum Gasteiger partial charge on any atom is -0.504 e. The molecule has 1 aliphatic rings. The maximum absolute atomic E-state index is 12.9. The van der Waals surface area contributed by atoms with Crippen LogP contribution in [0.1, 0.15) is 13.8 Å². The molecule has 0 unspecified atom stereocenters. The summed E-state index contributed by atoms with van der Waals surface area (Å²) in [5.74, 6) is -2.61. The van der Waals surface area contributed by atoms with E-state index < -0.39 is 70.8 Å². The molecule has 13 nitrogen and oxygen atoms in total. The first kappa shape index (κ1) is 23.7. The topological polar surface area (TPSA) is 195 Å². The van der Waals surface area contributed by atoms with Gasteiger partial charge in [0.2, 0.25) is 17.8 Å². The molecule has 2 aromatic heterocycles. The van der Waals surface area contributed by atoms with Crippen molar-refractivity contribution in [3.63, 3.8) is 0 Å². The van der Waals surface area contributed by atoms with Gasteiger partial charge in [-0.05, 0) is 19.1 Å². The predicted octanol–water partition coefficient (Wildman–Crippen LogP) is 0.687. The second-order valence-corrected chi connectivity index (χ2v) is 8.32. The van der Waals surface area contributed by atoms with Crippen molar-refractivity contribution >= 4 is 38.7 Å². The average Bonchev–Trinajstić information content (AvgIpc) is 2.82. The van der Waals surface area contributed by atoms with E-state index in [4.69, 9.17) is 27.8 Å². The quantitative estimate of drug-likeness (QED) is 0.172. The van der Waals surface area contributed by atoms with Gasteiger partial charge in [0.15, 0.2) is 34.9 Å². The Labute approximate surface area is 199 Å². The van der Waals surface area contributed by atoms with E-state index >= 15 is 0 Å². The summed E-state index contributed by atoms with van der Waals surface area (Å²) in [5, 5.41) is 41.9. The van der Waals surface area contributed by atoms with Crippen molar-refractivity contribution in [2.75, 3.05) is 7.11 Å². The summed E-state index contributed by atoms with van der Waals surface area (Å²) in [6.45, 7) is 2.53. The smallest absolute Gasteiger partial charge is 0.344 e. The lowest BCUT2D eigenvalue weighted by molar-refractivity contribution is -0.272. The highest BCUT2D eigenvalue weighted by atomic mass is 16.7. The van der Waals surface area contributed by atoms with Gasteiger partial charge in [0, 0.05) is 17.7 Å². The Kier molecular flexibility index (Phi) is 5.43. The number of phenolic OH excluding ortho intramolecular Hbond substituents is 2. The molecule has 1 aliphatic heterocycles. The van der Waals surface area contributed by atoms with Crippen LogP contribution in [0, 0.1) is 0 Å². The molecule has 0 radical (unpaired) electrons. The van der Waals surface area contributed by atoms with Gasteiger partial charge in [0.25, 0.3) is 0 Å². The van der Waals surface area contributed by atoms with Crippen LogP contribution in [0.5, 0.6) is 23.0 Å². The van der Waals surface area contributed by atoms with Gasteiger partial charge in [0.05, 0.1) is 24.0 Å². The zero-order valence-corrected chi connectivity index (χ0v) is 19.0. The third-order valence-electron chi connectivity index (χ3n) is 6.05. The minimum absolute atomic E-state index is 0.00527. The van der Waals surface area contributed by atoms with Crippen LogP contribution >= 0.6 is 0 Å². The normalized spacial score (nSPS) is 24.4. The summed E-state index contributed by atoms with van der Waals surface area (Å²) in [4.78, 5) is 37.0. The van der Waals surface area contributed by atoms with Gasteiger partial charge in [0.1, 0.15) is 6.10 Å². The fourth-order valence-corrected chi connectivity index (χ4v) is 4.37. The summed E-state index contributed by atoms with van der Waals surface area (Å²) in [6.07, 6.45) is -7.12. The molecule has 5 rings (SSSR count). The number of aromatic hydroxyl groups is 2. The number of carbonyl (C=O) groups is 1. The maximum atomic E-state index is 12.9. The van der Waals surface area contributed by atoms with Gasteiger partial charge < -0.3 is 48.2 Å². The van der Waals surface area contributed by atoms with Crippen LogP contribution in [0.4, 0.5) is 0 Å². The van der Waals surface area contributed by atoms with Crippen molar-refractivity contribution in [1.29, 1.82) is 0 Å². The van der Waals surface area contributed by atoms with Crippen molar-refractivity contribution in [2.24, 2.45) is 0 Å². The summed E-state index contributed by atoms with van der Waals surface area (Å²) >= 11 is 0. The molecule has 3 heterocycles. The Morgan fingerprint density at radius 1 is 0.972 bits per heavy atom. The van der Waals surface area contributed by atoms with Crippen LogP contribution in [0.25, 0.3) is 32.7 Å². The van der Waals surface area contributed by atoms with E-state index in [9.17, 15) is 34.8 Å². The molecule has 0 spiro atoms. The molecule has 0 amide bonds. The minimum atomic E-state index is -1.72. The lowest BCUT2D eigenvalue weighted by atomic mass is 9.99. The largest absolute Gasteiger partial charge is 0.504 e. The molecule has 0 aliphatic carbocycles. The van der Waals surface area contributed by atoms with E-state index in [2.05, 4.69) is 0 Å². The molecule has 13 heteroatoms. The Morgan fingerprint density at radius 3 is 2.22 bits per heavy atom. The second-order valence-electron chi connectivity index (χ2n) is 8.32. The lowest BCUT2D eigenvalue weighted by Crippen LogP contribution is -2.59. The summed E-state index contributed by atoms with van der Waals surface area (Å²) in [7, 11) is 1.24. The fourth-order valence-electron chi connectivity index (χ4n) is 4.37. The molecule has 1 saturated heterocycles. The van der Waals surface area contributed by atoms with Crippen molar-refractivity contribution < 1.29 is 53.0 Å². The number of carbonyl (C=O) groups excluding carboxylic acids is 1. The van der Waals surface area contributed by atoms with E-state index in [1.165, 1.54) is 20.1 Å². The number of rotatable bonds is 4. The number of phenols is 2. The fraction of sp³-hybridized carbons (Fsp3) is 0.348. The number of methoxy groups -OCH3 is 1. The number of esters is 1. The molecular weight excluding hydrogens is 484 g/mol. The Balaban J connectivity index is 1.74. The van der Waals surface area contributed by atoms with Gasteiger partial charge in [-0.25, -0.2) is 9.59 Å². The molecule has 4 N–H and O–H groups in total. The molecule has 36 heavy (non-hydrogen) atoms. The van der Waals surface area contributed by atoms with Crippen LogP contribution in [-0.2, 0) is 14.3 Å². The third kappa shape index (κ3) is 3.39. The van der Waals surface area contributed by atoms with Crippen LogP contribution < -0.4 is 20.7 Å². The third-order valence-corrected chi connectivity index (χ3v) is 6.05. The van der Waals surface area contributed by atoms with Crippen LogP contribution in [-0.4, -0.2) is 64.2 Å². The molecule has 0 bridgehead atoms. The standard InChI is InChI=1S/C23H20O13/c1-6-14(26)20(33-7(2)24)16(28)23(32-6)36-17-10(25)4-8-13-12-9(22(30)35-19(13)17)5-11(31-3)15(27)18(12)34-21(8)29/h4-6,14,16,20,23,25-28H,1-3H3/t6-,14-,16+,20+,23-/m0/s1. The molecular formula is C23H20O13. The maximum Gasteiger partial charge on any atom is 0.344 e. The first-order valence-electron chi connectivity index (χ1n) is 10.7. The molecule has 1 fully saturated rings. The zero-order valence-electron chi connectivity index (χ0n) is 19.0. The zero-order chi connectivity index (χ0) is 26.0. The highest BCUT2D eigenvalue weighted by Gasteiger charge is 2.46. The summed E-state index contributed by atoms with van der Waals surface area (Å²) in [6, 6.07) is 2.21. The molecule has 190 valence electrons. The monoisotopic (exact) mass is 504 g/mol. The first-order valence-corrected chi connectivity index (χ1v) is 10.7. The SMILES string of the molecule is COc1cc2c(=O)oc3c(O[C@@H]4O[C@@H](C)[C@H](O)[C@@H](OC(C)=O)[C@H]4O)c(O)cc4c(=O)oc(c1O)c2c34. The molecule has 4 aromatic rings. The molecule has 5 atom stereocenters. The van der Waals surface area contributed by atoms with Gasteiger partial charge in [-0.2, -0.15) is 0 Å². The summed E-state index contributed by atoms with van der Waals surface area (Å²) in [5.41, 5.74) is -2.66. The Bertz CT molecular complexity index is 1620. The first-order chi connectivity index (χ1) is 17.0. The Morgan fingerprint density at radius 2 is 1.58 bits per heavy atom. The average molecular weight is 504 g/mol. The van der Waals surface area contributed by atoms with Crippen molar-refractivity contribution in [3.05, 3.63) is 33.0 Å². The van der Waals surface area contributed by atoms with Crippen molar-refractivity contribution in [3.8, 4) is 23.0 Å². The van der Waals surface area contributed by atoms with Gasteiger partial charge in [-0.15, -0.1) is 0 Å². The lowest BCUT2D eigenvalue weighted by Gasteiger charge is -2.40. The number of benzene rings is 2. The van der Waals surface area contributed by atoms with Crippen molar-refractivity contribution in [1.82, 2.24) is 0 Å². The number of ether oxygens (including phenoxy) is 4. The van der Waals surface area contributed by atoms with Crippen LogP contribution in [0.2, 0.25) is 0 Å². The Hall–Kier alpha value is -4.07. The van der Waals surface area contributed by atoms with E-state index in [1.54, 1.807) is 0 Å². The number of aliphatic hydroxyl groups is 2. The number of hydrogen-bond donors (Lipinski definition) is 4. The van der Waals surface area contributed by atoms with E-state index in [-0.39, 0.29) is 32.9 Å². The summed E-state index contributed by atoms with van der Waals surface area (Å²) < 4.78 is 31.8. The van der Waals surface area contributed by atoms with Gasteiger partial charge in [-0.1, -0.05) is 0 Å². The molecule has 0 saturated carbocycles. The number of aliphatic hydroxyl groups excluding tert-OH is 2.